The monoisotopic (exact) mass is 424 g/mol. The number of hydrogen-bond donors (Lipinski definition) is 1. The number of nitrogens with zero attached hydrogens (tertiary/aromatic N) is 1. The van der Waals surface area contributed by atoms with Crippen LogP contribution >= 0.6 is 35.0 Å². The van der Waals surface area contributed by atoms with Gasteiger partial charge in [0.2, 0.25) is 5.78 Å². The zero-order valence-corrected chi connectivity index (χ0v) is 16.4. The number of nitrogens with one attached hydrogen (secondary N) is 1. The van der Waals surface area contributed by atoms with E-state index in [1.54, 1.807) is 6.92 Å². The van der Waals surface area contributed by atoms with Crippen LogP contribution in [0.1, 0.15) is 15.9 Å². The molecule has 5 nitrogen and oxygen atoms in total. The quantitative estimate of drug-likeness (QED) is 0.444. The van der Waals surface area contributed by atoms with Gasteiger partial charge in [0.1, 0.15) is 15.5 Å². The molecule has 0 atom stereocenters. The molecule has 0 spiro atoms. The van der Waals surface area contributed by atoms with Crippen molar-refractivity contribution in [3.8, 4) is 0 Å². The molecule has 9 heteroatoms. The zero-order valence-electron chi connectivity index (χ0n) is 13.2. The Balaban J connectivity index is 2.07. The van der Waals surface area contributed by atoms with Gasteiger partial charge in [-0.15, -0.1) is 0 Å². The Labute approximate surface area is 164 Å². The van der Waals surface area contributed by atoms with E-state index in [0.717, 1.165) is 11.8 Å². The maximum Gasteiger partial charge on any atom is 0.284 e. The Kier molecular flexibility index (Phi) is 5.10. The van der Waals surface area contributed by atoms with E-state index < -0.39 is 15.8 Å². The van der Waals surface area contributed by atoms with E-state index in [2.05, 4.69) is 4.40 Å². The minimum atomic E-state index is -4.02. The molecule has 0 aliphatic carbocycles. The van der Waals surface area contributed by atoms with Gasteiger partial charge in [-0.05, 0) is 54.8 Å². The summed E-state index contributed by atoms with van der Waals surface area (Å²) in [4.78, 5) is 13.0. The topological polar surface area (TPSA) is 87.4 Å². The van der Waals surface area contributed by atoms with E-state index in [9.17, 15) is 13.2 Å². The smallest absolute Gasteiger partial charge is 0.284 e. The van der Waals surface area contributed by atoms with Crippen LogP contribution in [-0.4, -0.2) is 25.1 Å². The molecule has 0 bridgehead atoms. The fourth-order valence-electron chi connectivity index (χ4n) is 2.25. The zero-order chi connectivity index (χ0) is 19.1. The summed E-state index contributed by atoms with van der Waals surface area (Å²) in [5, 5.41) is 8.19. The minimum absolute atomic E-state index is 0.0245. The largest absolute Gasteiger partial charge is 0.288 e. The molecule has 1 heterocycles. The summed E-state index contributed by atoms with van der Waals surface area (Å²) in [6.07, 6.45) is 0. The number of carbonyl (C=O) groups is 1. The van der Waals surface area contributed by atoms with Crippen LogP contribution in [0.3, 0.4) is 0 Å². The molecule has 0 fully saturated rings. The number of Topliss-reactive ketones (excluding diaryl/α,β-unsaturated/α-hetero) is 1. The first-order valence-electron chi connectivity index (χ1n) is 7.16. The first-order valence-corrected chi connectivity index (χ1v) is 10.2. The van der Waals surface area contributed by atoms with Gasteiger partial charge in [-0.2, -0.15) is 12.8 Å². The highest BCUT2D eigenvalue weighted by Gasteiger charge is 2.31. The van der Waals surface area contributed by atoms with Crippen molar-refractivity contribution in [2.24, 2.45) is 4.40 Å². The Hall–Kier alpha value is -1.89. The summed E-state index contributed by atoms with van der Waals surface area (Å²) < 4.78 is 28.7. The molecule has 2 aromatic rings. The number of ketones is 1. The number of hydrogen-bond acceptors (Lipinski definition) is 5. The third kappa shape index (κ3) is 3.49. The van der Waals surface area contributed by atoms with Gasteiger partial charge >= 0.3 is 0 Å². The third-order valence-electron chi connectivity index (χ3n) is 3.58. The molecule has 1 aliphatic rings. The lowest BCUT2D eigenvalue weighted by Gasteiger charge is -2.17. The maximum absolute atomic E-state index is 12.7. The Morgan fingerprint density at radius 3 is 2.46 bits per heavy atom. The normalized spacial score (nSPS) is 14.8. The molecule has 26 heavy (non-hydrogen) atoms. The van der Waals surface area contributed by atoms with Crippen LogP contribution < -0.4 is 0 Å². The maximum atomic E-state index is 12.7. The molecule has 0 saturated carbocycles. The van der Waals surface area contributed by atoms with Gasteiger partial charge in [0.25, 0.3) is 10.0 Å². The highest BCUT2D eigenvalue weighted by molar-refractivity contribution is 8.16. The van der Waals surface area contributed by atoms with Crippen LogP contribution in [0.5, 0.6) is 0 Å². The Morgan fingerprint density at radius 1 is 1.19 bits per heavy atom. The van der Waals surface area contributed by atoms with Gasteiger partial charge in [-0.3, -0.25) is 10.2 Å². The van der Waals surface area contributed by atoms with Crippen LogP contribution in [0.2, 0.25) is 10.0 Å². The van der Waals surface area contributed by atoms with Crippen molar-refractivity contribution in [2.75, 3.05) is 0 Å². The van der Waals surface area contributed by atoms with Crippen LogP contribution in [0.4, 0.5) is 0 Å². The number of rotatable bonds is 3. The summed E-state index contributed by atoms with van der Waals surface area (Å²) in [7, 11) is -4.02. The van der Waals surface area contributed by atoms with Gasteiger partial charge in [0.15, 0.2) is 0 Å². The average molecular weight is 425 g/mol. The molecule has 0 aromatic heterocycles. The van der Waals surface area contributed by atoms with Crippen molar-refractivity contribution in [3.63, 3.8) is 0 Å². The average Bonchev–Trinajstić information content (AvgIpc) is 2.57. The molecular formula is C17H10Cl2N2O3S2. The van der Waals surface area contributed by atoms with Gasteiger partial charge in [-0.1, -0.05) is 35.0 Å². The van der Waals surface area contributed by atoms with Crippen molar-refractivity contribution in [3.05, 3.63) is 63.1 Å². The lowest BCUT2D eigenvalue weighted by molar-refractivity contribution is 0.104. The molecule has 1 aliphatic heterocycles. The molecule has 0 radical (unpaired) electrons. The number of thioether (sulfide) groups is 1. The SMILES string of the molecule is Cc1cc2c(cc1Cl)SC(C(=C=N)C(=O)c1ccc(Cl)cc1)=NS2(=O)=O. The number of benzene rings is 2. The first-order chi connectivity index (χ1) is 12.2. The van der Waals surface area contributed by atoms with Crippen LogP contribution in [0.25, 0.3) is 0 Å². The predicted octanol–water partition coefficient (Wildman–Crippen LogP) is 4.55. The summed E-state index contributed by atoms with van der Waals surface area (Å²) in [5.41, 5.74) is 0.606. The van der Waals surface area contributed by atoms with Crippen LogP contribution in [0, 0.1) is 12.3 Å². The van der Waals surface area contributed by atoms with Crippen LogP contribution in [0.15, 0.2) is 56.2 Å². The molecule has 2 aromatic carbocycles. The molecular weight excluding hydrogens is 415 g/mol. The fourth-order valence-corrected chi connectivity index (χ4v) is 5.32. The van der Waals surface area contributed by atoms with Gasteiger partial charge in [0.05, 0.1) is 0 Å². The summed E-state index contributed by atoms with van der Waals surface area (Å²) in [5.74, 6) is 1.44. The van der Waals surface area contributed by atoms with Crippen molar-refractivity contribution in [1.29, 1.82) is 5.41 Å². The van der Waals surface area contributed by atoms with Crippen molar-refractivity contribution < 1.29 is 13.2 Å². The molecule has 0 saturated heterocycles. The highest BCUT2D eigenvalue weighted by atomic mass is 35.5. The van der Waals surface area contributed by atoms with E-state index in [0.29, 0.717) is 20.5 Å². The fraction of sp³-hybridized carbons (Fsp3) is 0.0588. The Bertz CT molecular complexity index is 1120. The second-order valence-electron chi connectivity index (χ2n) is 5.36. The lowest BCUT2D eigenvalue weighted by atomic mass is 10.1. The highest BCUT2D eigenvalue weighted by Crippen LogP contribution is 2.39. The Morgan fingerprint density at radius 2 is 1.85 bits per heavy atom. The molecule has 3 rings (SSSR count). The van der Waals surface area contributed by atoms with E-state index in [-0.39, 0.29) is 21.1 Å². The molecule has 1 N–H and O–H groups in total. The second-order valence-corrected chi connectivity index (χ2v) is 8.80. The lowest BCUT2D eigenvalue weighted by Crippen LogP contribution is -2.17. The minimum Gasteiger partial charge on any atom is -0.288 e. The first kappa shape index (κ1) is 18.9. The molecule has 0 unspecified atom stereocenters. The van der Waals surface area contributed by atoms with Gasteiger partial charge < -0.3 is 0 Å². The van der Waals surface area contributed by atoms with Gasteiger partial charge in [-0.25, -0.2) is 0 Å². The van der Waals surface area contributed by atoms with E-state index >= 15 is 0 Å². The van der Waals surface area contributed by atoms with E-state index in [1.807, 2.05) is 5.87 Å². The summed E-state index contributed by atoms with van der Waals surface area (Å²) in [6.45, 7) is 1.69. The summed E-state index contributed by atoms with van der Waals surface area (Å²) in [6, 6.07) is 8.98. The van der Waals surface area contributed by atoms with Crippen molar-refractivity contribution in [2.45, 2.75) is 16.7 Å². The van der Waals surface area contributed by atoms with E-state index in [4.69, 9.17) is 28.6 Å². The standard InChI is InChI=1S/C17H10Cl2N2O3S2/c1-9-6-15-14(7-13(9)19)25-17(21-26(15,23)24)12(8-20)16(22)10-2-4-11(18)5-3-10/h2-7,20H,1H3. The van der Waals surface area contributed by atoms with Crippen LogP contribution in [-0.2, 0) is 10.0 Å². The van der Waals surface area contributed by atoms with E-state index in [1.165, 1.54) is 36.4 Å². The number of aryl methyl sites for hydroxylation is 1. The molecule has 0 amide bonds. The number of fused-ring (bicyclic) bond motifs is 1. The molecule has 132 valence electrons. The number of carbonyl (C=O) groups excluding carboxylic acids is 1. The number of sulfonamides is 1. The summed E-state index contributed by atoms with van der Waals surface area (Å²) >= 11 is 12.9. The number of halogens is 2. The van der Waals surface area contributed by atoms with Gasteiger partial charge in [0, 0.05) is 20.5 Å². The third-order valence-corrected chi connectivity index (χ3v) is 6.85. The van der Waals surface area contributed by atoms with Crippen molar-refractivity contribution >= 4 is 61.7 Å². The second kappa shape index (κ2) is 7.02. The van der Waals surface area contributed by atoms with Crippen molar-refractivity contribution in [1.82, 2.24) is 0 Å². The predicted molar refractivity (Wildman–Crippen MR) is 104 cm³/mol.